The van der Waals surface area contributed by atoms with Gasteiger partial charge in [0.2, 0.25) is 0 Å². The van der Waals surface area contributed by atoms with Crippen molar-refractivity contribution in [2.45, 2.75) is 45.8 Å². The largest absolute Gasteiger partial charge is 0.300 e. The fourth-order valence-corrected chi connectivity index (χ4v) is 0.844. The van der Waals surface area contributed by atoms with Crippen molar-refractivity contribution in [3.05, 3.63) is 0 Å². The minimum Gasteiger partial charge on any atom is -0.300 e. The number of hydrogen-bond acceptors (Lipinski definition) is 1. The van der Waals surface area contributed by atoms with Crippen molar-refractivity contribution in [3.63, 3.8) is 0 Å². The minimum absolute atomic E-state index is 0.310. The number of Topliss-reactive ketones (excluding diaryl/α,β-unsaturated/α-hetero) is 1. The molecule has 0 rings (SSSR count). The molecule has 0 aromatic heterocycles. The third kappa shape index (κ3) is 7.73. The SMILES string of the molecule is CCC[B]CCCC(C)=O. The van der Waals surface area contributed by atoms with Gasteiger partial charge in [-0.25, -0.2) is 0 Å². The van der Waals surface area contributed by atoms with Crippen molar-refractivity contribution in [3.8, 4) is 0 Å². The summed E-state index contributed by atoms with van der Waals surface area (Å²) in [6, 6.07) is 0. The van der Waals surface area contributed by atoms with E-state index in [-0.39, 0.29) is 0 Å². The summed E-state index contributed by atoms with van der Waals surface area (Å²) in [6.07, 6.45) is 5.31. The van der Waals surface area contributed by atoms with E-state index in [1.54, 1.807) is 6.92 Å². The quantitative estimate of drug-likeness (QED) is 0.407. The van der Waals surface area contributed by atoms with E-state index in [0.29, 0.717) is 5.78 Å². The van der Waals surface area contributed by atoms with Crippen molar-refractivity contribution in [1.82, 2.24) is 0 Å². The highest BCUT2D eigenvalue weighted by molar-refractivity contribution is 6.35. The molecule has 0 atom stereocenters. The highest BCUT2D eigenvalue weighted by atomic mass is 16.1. The van der Waals surface area contributed by atoms with E-state index in [1.807, 2.05) is 0 Å². The molecule has 57 valence electrons. The van der Waals surface area contributed by atoms with Crippen molar-refractivity contribution in [1.29, 1.82) is 0 Å². The summed E-state index contributed by atoms with van der Waals surface area (Å²) in [7, 11) is 2.27. The molecule has 0 amide bonds. The summed E-state index contributed by atoms with van der Waals surface area (Å²) >= 11 is 0. The van der Waals surface area contributed by atoms with Crippen LogP contribution >= 0.6 is 0 Å². The van der Waals surface area contributed by atoms with Crippen LogP contribution < -0.4 is 0 Å². The predicted octanol–water partition coefficient (Wildman–Crippen LogP) is 2.31. The van der Waals surface area contributed by atoms with Crippen molar-refractivity contribution in [2.24, 2.45) is 0 Å². The molecule has 0 fully saturated rings. The standard InChI is InChI=1S/C8H16BO/c1-3-6-9-7-4-5-8(2)10/h3-7H2,1-2H3. The highest BCUT2D eigenvalue weighted by Gasteiger charge is 1.93. The van der Waals surface area contributed by atoms with E-state index in [1.165, 1.54) is 12.7 Å². The fourth-order valence-electron chi connectivity index (χ4n) is 0.844. The Labute approximate surface area is 64.4 Å². The van der Waals surface area contributed by atoms with Gasteiger partial charge in [-0.1, -0.05) is 32.4 Å². The smallest absolute Gasteiger partial charge is 0.129 e. The summed E-state index contributed by atoms with van der Waals surface area (Å²) in [4.78, 5) is 10.5. The van der Waals surface area contributed by atoms with Crippen molar-refractivity contribution < 1.29 is 4.79 Å². The first-order chi connectivity index (χ1) is 4.77. The molecule has 0 bridgehead atoms. The summed E-state index contributed by atoms with van der Waals surface area (Å²) in [5.74, 6) is 0.310. The molecule has 0 saturated heterocycles. The topological polar surface area (TPSA) is 17.1 Å². The Morgan fingerprint density at radius 2 is 2.10 bits per heavy atom. The molecule has 0 aromatic carbocycles. The van der Waals surface area contributed by atoms with Crippen LogP contribution in [0.3, 0.4) is 0 Å². The number of hydrogen-bond donors (Lipinski definition) is 0. The number of rotatable bonds is 6. The number of carbonyl (C=O) groups excluding carboxylic acids is 1. The molecule has 10 heavy (non-hydrogen) atoms. The number of ketones is 1. The van der Waals surface area contributed by atoms with E-state index in [4.69, 9.17) is 0 Å². The number of carbonyl (C=O) groups is 1. The molecule has 0 aliphatic carbocycles. The Hall–Kier alpha value is -0.265. The maximum atomic E-state index is 10.5. The third-order valence-corrected chi connectivity index (χ3v) is 1.43. The van der Waals surface area contributed by atoms with Crippen molar-refractivity contribution in [2.75, 3.05) is 0 Å². The molecule has 0 aliphatic heterocycles. The molecule has 0 aromatic rings. The molecular formula is C8H16BO. The fraction of sp³-hybridized carbons (Fsp3) is 0.875. The maximum absolute atomic E-state index is 10.5. The van der Waals surface area contributed by atoms with Crippen LogP contribution in [0, 0.1) is 0 Å². The first kappa shape index (κ1) is 9.73. The predicted molar refractivity (Wildman–Crippen MR) is 45.6 cm³/mol. The minimum atomic E-state index is 0.310. The normalized spacial score (nSPS) is 9.40. The Balaban J connectivity index is 2.84. The summed E-state index contributed by atoms with van der Waals surface area (Å²) in [6.45, 7) is 3.82. The van der Waals surface area contributed by atoms with Crippen LogP contribution in [0.5, 0.6) is 0 Å². The molecule has 1 nitrogen and oxygen atoms in total. The monoisotopic (exact) mass is 139 g/mol. The zero-order valence-corrected chi connectivity index (χ0v) is 7.02. The van der Waals surface area contributed by atoms with Gasteiger partial charge in [-0.15, -0.1) is 0 Å². The van der Waals surface area contributed by atoms with Gasteiger partial charge >= 0.3 is 0 Å². The van der Waals surface area contributed by atoms with Crippen LogP contribution in [-0.2, 0) is 4.79 Å². The molecule has 0 N–H and O–H groups in total. The van der Waals surface area contributed by atoms with Gasteiger partial charge in [-0.3, -0.25) is 0 Å². The molecule has 2 heteroatoms. The van der Waals surface area contributed by atoms with Crippen LogP contribution in [0.2, 0.25) is 12.6 Å². The van der Waals surface area contributed by atoms with Gasteiger partial charge in [0.1, 0.15) is 13.1 Å². The first-order valence-corrected chi connectivity index (χ1v) is 4.08. The molecular weight excluding hydrogens is 123 g/mol. The average Bonchev–Trinajstić information content (AvgIpc) is 1.87. The zero-order chi connectivity index (χ0) is 7.82. The summed E-state index contributed by atoms with van der Waals surface area (Å²) < 4.78 is 0. The molecule has 0 spiro atoms. The van der Waals surface area contributed by atoms with Crippen molar-refractivity contribution >= 4 is 13.1 Å². The molecule has 0 aliphatic rings. The lowest BCUT2D eigenvalue weighted by atomic mass is 9.69. The van der Waals surface area contributed by atoms with Gasteiger partial charge in [0.25, 0.3) is 0 Å². The second-order valence-corrected chi connectivity index (χ2v) is 2.67. The van der Waals surface area contributed by atoms with Crippen LogP contribution in [0.1, 0.15) is 33.1 Å². The van der Waals surface area contributed by atoms with Gasteiger partial charge in [0.05, 0.1) is 0 Å². The van der Waals surface area contributed by atoms with E-state index in [2.05, 4.69) is 14.2 Å². The maximum Gasteiger partial charge on any atom is 0.129 e. The Morgan fingerprint density at radius 3 is 2.60 bits per heavy atom. The van der Waals surface area contributed by atoms with Crippen LogP contribution in [-0.4, -0.2) is 13.1 Å². The Morgan fingerprint density at radius 1 is 1.40 bits per heavy atom. The van der Waals surface area contributed by atoms with E-state index in [0.717, 1.165) is 19.2 Å². The second kappa shape index (κ2) is 6.85. The Bertz CT molecular complexity index is 91.3. The van der Waals surface area contributed by atoms with E-state index in [9.17, 15) is 4.79 Å². The van der Waals surface area contributed by atoms with Gasteiger partial charge in [0.15, 0.2) is 0 Å². The molecule has 0 saturated carbocycles. The van der Waals surface area contributed by atoms with Crippen LogP contribution in [0.15, 0.2) is 0 Å². The molecule has 1 radical (unpaired) electrons. The zero-order valence-electron chi connectivity index (χ0n) is 7.02. The van der Waals surface area contributed by atoms with Gasteiger partial charge in [-0.05, 0) is 6.92 Å². The van der Waals surface area contributed by atoms with E-state index < -0.39 is 0 Å². The van der Waals surface area contributed by atoms with Crippen LogP contribution in [0.25, 0.3) is 0 Å². The highest BCUT2D eigenvalue weighted by Crippen LogP contribution is 1.99. The van der Waals surface area contributed by atoms with Gasteiger partial charge in [0, 0.05) is 6.42 Å². The van der Waals surface area contributed by atoms with Crippen LogP contribution in [0.4, 0.5) is 0 Å². The third-order valence-electron chi connectivity index (χ3n) is 1.43. The second-order valence-electron chi connectivity index (χ2n) is 2.67. The molecule has 0 unspecified atom stereocenters. The lowest BCUT2D eigenvalue weighted by Gasteiger charge is -1.94. The lowest BCUT2D eigenvalue weighted by Crippen LogP contribution is -1.92. The summed E-state index contributed by atoms with van der Waals surface area (Å²) in [5, 5.41) is 0. The average molecular weight is 139 g/mol. The van der Waals surface area contributed by atoms with Gasteiger partial charge < -0.3 is 4.79 Å². The first-order valence-electron chi connectivity index (χ1n) is 4.08. The van der Waals surface area contributed by atoms with E-state index >= 15 is 0 Å². The lowest BCUT2D eigenvalue weighted by molar-refractivity contribution is -0.117. The molecule has 0 heterocycles. The van der Waals surface area contributed by atoms with Gasteiger partial charge in [-0.2, -0.15) is 0 Å². The summed E-state index contributed by atoms with van der Waals surface area (Å²) in [5.41, 5.74) is 0. The Kier molecular flexibility index (Phi) is 6.67.